The molecule has 0 saturated heterocycles. The van der Waals surface area contributed by atoms with E-state index in [-0.39, 0.29) is 12.5 Å². The molecule has 6 nitrogen and oxygen atoms in total. The average Bonchev–Trinajstić information content (AvgIpc) is 3.17. The van der Waals surface area contributed by atoms with Crippen molar-refractivity contribution in [2.45, 2.75) is 6.92 Å². The molecule has 0 spiro atoms. The van der Waals surface area contributed by atoms with Gasteiger partial charge < -0.3 is 15.0 Å². The summed E-state index contributed by atoms with van der Waals surface area (Å²) in [4.78, 5) is 13.7. The number of ether oxygens (including phenoxy) is 1. The second-order valence-corrected chi connectivity index (χ2v) is 6.50. The number of carbonyl (C=O) groups excluding carboxylic acids is 1. The lowest BCUT2D eigenvalue weighted by molar-refractivity contribution is -0.120. The zero-order valence-electron chi connectivity index (χ0n) is 14.7. The second kappa shape index (κ2) is 8.55. The first-order valence-corrected chi connectivity index (χ1v) is 9.09. The van der Waals surface area contributed by atoms with Crippen molar-refractivity contribution in [3.8, 4) is 10.6 Å². The fourth-order valence-corrected chi connectivity index (χ4v) is 3.15. The Bertz CT molecular complexity index is 849. The second-order valence-electron chi connectivity index (χ2n) is 5.55. The monoisotopic (exact) mass is 368 g/mol. The fraction of sp³-hybridized carbons (Fsp3) is 0.211. The molecule has 0 fully saturated rings. The topological polar surface area (TPSA) is 67.3 Å². The molecule has 1 amide bonds. The van der Waals surface area contributed by atoms with Gasteiger partial charge >= 0.3 is 0 Å². The van der Waals surface area contributed by atoms with E-state index in [1.165, 1.54) is 11.3 Å². The molecule has 3 rings (SSSR count). The van der Waals surface area contributed by atoms with Crippen LogP contribution in [-0.2, 0) is 9.53 Å². The van der Waals surface area contributed by atoms with Gasteiger partial charge in [-0.25, -0.2) is 0 Å². The smallest absolute Gasteiger partial charge is 0.250 e. The Morgan fingerprint density at radius 2 is 1.85 bits per heavy atom. The van der Waals surface area contributed by atoms with Gasteiger partial charge in [-0.1, -0.05) is 29.5 Å². The first kappa shape index (κ1) is 18.0. The first-order chi connectivity index (χ1) is 12.7. The lowest BCUT2D eigenvalue weighted by Crippen LogP contribution is -2.18. The summed E-state index contributed by atoms with van der Waals surface area (Å²) in [7, 11) is 1.97. The number of anilines is 3. The molecule has 1 heterocycles. The first-order valence-electron chi connectivity index (χ1n) is 8.27. The molecule has 0 aliphatic carbocycles. The third kappa shape index (κ3) is 4.44. The van der Waals surface area contributed by atoms with Crippen molar-refractivity contribution in [1.82, 2.24) is 10.2 Å². The van der Waals surface area contributed by atoms with Crippen LogP contribution in [0.4, 0.5) is 16.5 Å². The number of hydrogen-bond acceptors (Lipinski definition) is 6. The van der Waals surface area contributed by atoms with Crippen LogP contribution in [0.3, 0.4) is 0 Å². The summed E-state index contributed by atoms with van der Waals surface area (Å²) in [6.07, 6.45) is 0. The third-order valence-electron chi connectivity index (χ3n) is 3.70. The van der Waals surface area contributed by atoms with E-state index >= 15 is 0 Å². The Morgan fingerprint density at radius 1 is 1.12 bits per heavy atom. The summed E-state index contributed by atoms with van der Waals surface area (Å²) in [6.45, 7) is 2.43. The van der Waals surface area contributed by atoms with Crippen LogP contribution in [0.5, 0.6) is 0 Å². The van der Waals surface area contributed by atoms with Crippen molar-refractivity contribution in [2.24, 2.45) is 0 Å². The van der Waals surface area contributed by atoms with Crippen LogP contribution in [0.25, 0.3) is 10.6 Å². The normalized spacial score (nSPS) is 10.5. The van der Waals surface area contributed by atoms with Crippen molar-refractivity contribution in [3.05, 3.63) is 54.6 Å². The van der Waals surface area contributed by atoms with Crippen LogP contribution in [0.1, 0.15) is 6.92 Å². The maximum atomic E-state index is 11.7. The summed E-state index contributed by atoms with van der Waals surface area (Å²) in [6, 6.07) is 17.6. The number of rotatable bonds is 7. The highest BCUT2D eigenvalue weighted by atomic mass is 32.1. The van der Waals surface area contributed by atoms with Gasteiger partial charge in [0.15, 0.2) is 0 Å². The minimum absolute atomic E-state index is 0.0594. The molecule has 0 aliphatic rings. The van der Waals surface area contributed by atoms with Crippen LogP contribution in [0, 0.1) is 0 Å². The number of para-hydroxylation sites is 1. The quantitative estimate of drug-likeness (QED) is 0.684. The lowest BCUT2D eigenvalue weighted by Gasteiger charge is -2.14. The Balaban J connectivity index is 1.68. The SMILES string of the molecule is CCOCC(=O)Nc1ccc(-c2nnc(N(C)c3ccccc3)s2)cc1. The minimum Gasteiger partial charge on any atom is -0.372 e. The summed E-state index contributed by atoms with van der Waals surface area (Å²) >= 11 is 1.52. The molecule has 3 aromatic rings. The fourth-order valence-electron chi connectivity index (χ4n) is 2.32. The molecule has 1 N–H and O–H groups in total. The number of hydrogen-bond donors (Lipinski definition) is 1. The number of nitrogens with one attached hydrogen (secondary N) is 1. The zero-order valence-corrected chi connectivity index (χ0v) is 15.5. The van der Waals surface area contributed by atoms with E-state index in [4.69, 9.17) is 4.74 Å². The predicted molar refractivity (Wildman–Crippen MR) is 105 cm³/mol. The average molecular weight is 368 g/mol. The minimum atomic E-state index is -0.165. The maximum absolute atomic E-state index is 11.7. The molecule has 134 valence electrons. The molecular weight excluding hydrogens is 348 g/mol. The third-order valence-corrected chi connectivity index (χ3v) is 4.75. The van der Waals surface area contributed by atoms with E-state index in [1.807, 2.05) is 73.5 Å². The molecule has 0 aliphatic heterocycles. The predicted octanol–water partition coefficient (Wildman–Crippen LogP) is 3.95. The lowest BCUT2D eigenvalue weighted by atomic mass is 10.2. The van der Waals surface area contributed by atoms with Gasteiger partial charge in [0.05, 0.1) is 0 Å². The van der Waals surface area contributed by atoms with Gasteiger partial charge in [-0.15, -0.1) is 10.2 Å². The van der Waals surface area contributed by atoms with Gasteiger partial charge in [0.1, 0.15) is 11.6 Å². The number of benzene rings is 2. The van der Waals surface area contributed by atoms with Crippen LogP contribution in [-0.4, -0.2) is 36.4 Å². The highest BCUT2D eigenvalue weighted by molar-refractivity contribution is 7.18. The van der Waals surface area contributed by atoms with Gasteiger partial charge in [-0.05, 0) is 43.3 Å². The molecular formula is C19H20N4O2S. The van der Waals surface area contributed by atoms with E-state index in [2.05, 4.69) is 15.5 Å². The summed E-state index contributed by atoms with van der Waals surface area (Å²) < 4.78 is 5.09. The molecule has 7 heteroatoms. The molecule has 0 saturated carbocycles. The summed E-state index contributed by atoms with van der Waals surface area (Å²) in [5.41, 5.74) is 2.74. The standard InChI is InChI=1S/C19H20N4O2S/c1-3-25-13-17(24)20-15-11-9-14(10-12-15)18-21-22-19(26-18)23(2)16-7-5-4-6-8-16/h4-12H,3,13H2,1-2H3,(H,20,24). The van der Waals surface area contributed by atoms with Crippen molar-refractivity contribution in [1.29, 1.82) is 0 Å². The van der Waals surface area contributed by atoms with E-state index in [9.17, 15) is 4.79 Å². The Morgan fingerprint density at radius 3 is 2.54 bits per heavy atom. The molecule has 0 unspecified atom stereocenters. The summed E-state index contributed by atoms with van der Waals surface area (Å²) in [5, 5.41) is 13.0. The van der Waals surface area contributed by atoms with Crippen molar-refractivity contribution in [2.75, 3.05) is 30.5 Å². The van der Waals surface area contributed by atoms with Gasteiger partial charge in [0.25, 0.3) is 0 Å². The van der Waals surface area contributed by atoms with Crippen molar-refractivity contribution in [3.63, 3.8) is 0 Å². The zero-order chi connectivity index (χ0) is 18.4. The number of amides is 1. The van der Waals surface area contributed by atoms with Gasteiger partial charge in [0, 0.05) is 30.6 Å². The number of aromatic nitrogens is 2. The van der Waals surface area contributed by atoms with Gasteiger partial charge in [0.2, 0.25) is 11.0 Å². The highest BCUT2D eigenvalue weighted by Gasteiger charge is 2.12. The molecule has 2 aromatic carbocycles. The molecule has 26 heavy (non-hydrogen) atoms. The van der Waals surface area contributed by atoms with Crippen LogP contribution in [0.2, 0.25) is 0 Å². The van der Waals surface area contributed by atoms with E-state index < -0.39 is 0 Å². The maximum Gasteiger partial charge on any atom is 0.250 e. The van der Waals surface area contributed by atoms with Crippen molar-refractivity contribution < 1.29 is 9.53 Å². The molecule has 0 radical (unpaired) electrons. The van der Waals surface area contributed by atoms with E-state index in [1.54, 1.807) is 0 Å². The van der Waals surface area contributed by atoms with Gasteiger partial charge in [-0.2, -0.15) is 0 Å². The Labute approximate surface area is 156 Å². The number of carbonyl (C=O) groups is 1. The van der Waals surface area contributed by atoms with Crippen LogP contribution >= 0.6 is 11.3 Å². The van der Waals surface area contributed by atoms with Crippen molar-refractivity contribution >= 4 is 33.8 Å². The number of nitrogens with zero attached hydrogens (tertiary/aromatic N) is 3. The van der Waals surface area contributed by atoms with E-state index in [0.29, 0.717) is 6.61 Å². The summed E-state index contributed by atoms with van der Waals surface area (Å²) in [5.74, 6) is -0.165. The molecule has 0 atom stereocenters. The largest absolute Gasteiger partial charge is 0.372 e. The molecule has 0 bridgehead atoms. The Kier molecular flexibility index (Phi) is 5.93. The van der Waals surface area contributed by atoms with E-state index in [0.717, 1.165) is 27.1 Å². The van der Waals surface area contributed by atoms with Crippen LogP contribution < -0.4 is 10.2 Å². The van der Waals surface area contributed by atoms with Gasteiger partial charge in [-0.3, -0.25) is 4.79 Å². The van der Waals surface area contributed by atoms with Crippen LogP contribution in [0.15, 0.2) is 54.6 Å². The Hall–Kier alpha value is -2.77. The molecule has 1 aromatic heterocycles. The highest BCUT2D eigenvalue weighted by Crippen LogP contribution is 2.32.